The standard InChI is InChI=1S/C12H21NO4/c1-6-11(5)7-12(11,8(14)15)13-9(16)17-10(2,3)4/h6-7H2,1-5H3,(H,13,16)(H,14,15)/t11-,12-/m1/s1. The molecular weight excluding hydrogens is 222 g/mol. The van der Waals surface area contributed by atoms with Crippen molar-refractivity contribution < 1.29 is 19.4 Å². The predicted octanol–water partition coefficient (Wildman–Crippen LogP) is 2.15. The van der Waals surface area contributed by atoms with Crippen LogP contribution in [0.15, 0.2) is 0 Å². The summed E-state index contributed by atoms with van der Waals surface area (Å²) in [5, 5.41) is 11.8. The zero-order chi connectivity index (χ0) is 13.5. The molecule has 17 heavy (non-hydrogen) atoms. The molecule has 2 atom stereocenters. The number of aliphatic carboxylic acids is 1. The molecule has 0 aliphatic heterocycles. The number of carbonyl (C=O) groups is 2. The summed E-state index contributed by atoms with van der Waals surface area (Å²) in [5.41, 5.74) is -2.17. The molecule has 98 valence electrons. The molecule has 1 fully saturated rings. The van der Waals surface area contributed by atoms with Gasteiger partial charge in [0.15, 0.2) is 0 Å². The fraction of sp³-hybridized carbons (Fsp3) is 0.833. The molecule has 0 saturated heterocycles. The average Bonchev–Trinajstić information content (AvgIpc) is 2.70. The van der Waals surface area contributed by atoms with Crippen LogP contribution in [0, 0.1) is 5.41 Å². The molecule has 0 radical (unpaired) electrons. The topological polar surface area (TPSA) is 75.6 Å². The van der Waals surface area contributed by atoms with Crippen LogP contribution in [-0.2, 0) is 9.53 Å². The van der Waals surface area contributed by atoms with Crippen LogP contribution in [-0.4, -0.2) is 28.3 Å². The number of carboxylic acid groups (broad SMARTS) is 1. The van der Waals surface area contributed by atoms with Gasteiger partial charge in [0, 0.05) is 5.41 Å². The number of carboxylic acids is 1. The van der Waals surface area contributed by atoms with E-state index in [0.717, 1.165) is 0 Å². The first-order chi connectivity index (χ1) is 7.56. The molecule has 0 aromatic heterocycles. The Morgan fingerprint density at radius 3 is 2.24 bits per heavy atom. The van der Waals surface area contributed by atoms with Crippen molar-refractivity contribution in [2.24, 2.45) is 5.41 Å². The SMILES string of the molecule is CC[C@]1(C)C[C@@]1(NC(=O)OC(C)(C)C)C(=O)O. The number of alkyl carbamates (subject to hydrolysis) is 1. The van der Waals surface area contributed by atoms with E-state index in [2.05, 4.69) is 5.32 Å². The molecule has 1 aliphatic rings. The van der Waals surface area contributed by atoms with Crippen molar-refractivity contribution in [2.75, 3.05) is 0 Å². The minimum absolute atomic E-state index is 0.379. The molecule has 1 rings (SSSR count). The van der Waals surface area contributed by atoms with Crippen molar-refractivity contribution in [3.8, 4) is 0 Å². The highest BCUT2D eigenvalue weighted by molar-refractivity contribution is 5.89. The molecule has 1 amide bonds. The molecule has 0 aromatic carbocycles. The number of nitrogens with one attached hydrogen (secondary N) is 1. The molecule has 0 spiro atoms. The summed E-state index contributed by atoms with van der Waals surface area (Å²) < 4.78 is 5.09. The highest BCUT2D eigenvalue weighted by Gasteiger charge is 2.70. The van der Waals surface area contributed by atoms with Crippen molar-refractivity contribution in [3.05, 3.63) is 0 Å². The van der Waals surface area contributed by atoms with E-state index in [1.165, 1.54) is 0 Å². The molecular formula is C12H21NO4. The molecule has 1 aliphatic carbocycles. The van der Waals surface area contributed by atoms with Gasteiger partial charge in [-0.2, -0.15) is 0 Å². The van der Waals surface area contributed by atoms with Crippen molar-refractivity contribution >= 4 is 12.1 Å². The Morgan fingerprint density at radius 1 is 1.41 bits per heavy atom. The summed E-state index contributed by atoms with van der Waals surface area (Å²) in [5.74, 6) is -0.993. The van der Waals surface area contributed by atoms with E-state index in [-0.39, 0.29) is 5.41 Å². The lowest BCUT2D eigenvalue weighted by Crippen LogP contribution is -2.48. The van der Waals surface area contributed by atoms with Gasteiger partial charge in [-0.05, 0) is 33.6 Å². The van der Waals surface area contributed by atoms with E-state index >= 15 is 0 Å². The summed E-state index contributed by atoms with van der Waals surface area (Å²) in [6.07, 6.45) is 0.484. The number of hydrogen-bond donors (Lipinski definition) is 2. The second-order valence-corrected chi connectivity index (χ2v) is 5.93. The first kappa shape index (κ1) is 13.8. The summed E-state index contributed by atoms with van der Waals surface area (Å²) >= 11 is 0. The molecule has 5 heteroatoms. The van der Waals surface area contributed by atoms with Crippen molar-refractivity contribution in [1.82, 2.24) is 5.32 Å². The second kappa shape index (κ2) is 3.89. The van der Waals surface area contributed by atoms with Gasteiger partial charge in [-0.1, -0.05) is 13.8 Å². The molecule has 2 N–H and O–H groups in total. The smallest absolute Gasteiger partial charge is 0.408 e. The van der Waals surface area contributed by atoms with Gasteiger partial charge in [-0.15, -0.1) is 0 Å². The van der Waals surface area contributed by atoms with Gasteiger partial charge in [-0.25, -0.2) is 9.59 Å². The number of carbonyl (C=O) groups excluding carboxylic acids is 1. The van der Waals surface area contributed by atoms with Gasteiger partial charge in [0.1, 0.15) is 11.1 Å². The van der Waals surface area contributed by atoms with Gasteiger partial charge < -0.3 is 15.2 Å². The number of rotatable bonds is 3. The monoisotopic (exact) mass is 243 g/mol. The van der Waals surface area contributed by atoms with Crippen LogP contribution < -0.4 is 5.32 Å². The third-order valence-electron chi connectivity index (χ3n) is 3.42. The van der Waals surface area contributed by atoms with Crippen molar-refractivity contribution in [2.45, 2.75) is 58.6 Å². The van der Waals surface area contributed by atoms with Gasteiger partial charge in [0.25, 0.3) is 0 Å². The molecule has 1 saturated carbocycles. The fourth-order valence-electron chi connectivity index (χ4n) is 2.03. The Kier molecular flexibility index (Phi) is 3.16. The van der Waals surface area contributed by atoms with Gasteiger partial charge in [0.2, 0.25) is 0 Å². The van der Waals surface area contributed by atoms with E-state index in [0.29, 0.717) is 12.8 Å². The quantitative estimate of drug-likeness (QED) is 0.796. The maximum absolute atomic E-state index is 11.6. The number of amides is 1. The minimum atomic E-state index is -1.16. The molecule has 0 aromatic rings. The first-order valence-corrected chi connectivity index (χ1v) is 5.81. The second-order valence-electron chi connectivity index (χ2n) is 5.93. The first-order valence-electron chi connectivity index (χ1n) is 5.81. The Labute approximate surface area is 102 Å². The van der Waals surface area contributed by atoms with Crippen LogP contribution in [0.2, 0.25) is 0 Å². The van der Waals surface area contributed by atoms with E-state index in [1.807, 2.05) is 13.8 Å². The van der Waals surface area contributed by atoms with Crippen LogP contribution >= 0.6 is 0 Å². The Hall–Kier alpha value is -1.26. The Morgan fingerprint density at radius 2 is 1.94 bits per heavy atom. The molecule has 0 heterocycles. The summed E-state index contributed by atoms with van der Waals surface area (Å²) in [6, 6.07) is 0. The average molecular weight is 243 g/mol. The van der Waals surface area contributed by atoms with Gasteiger partial charge >= 0.3 is 12.1 Å². The lowest BCUT2D eigenvalue weighted by molar-refractivity contribution is -0.141. The molecule has 0 unspecified atom stereocenters. The Bertz CT molecular complexity index is 347. The van der Waals surface area contributed by atoms with E-state index in [4.69, 9.17) is 4.74 Å². The summed E-state index contributed by atoms with van der Waals surface area (Å²) in [4.78, 5) is 22.9. The van der Waals surface area contributed by atoms with Crippen LogP contribution in [0.25, 0.3) is 0 Å². The predicted molar refractivity (Wildman–Crippen MR) is 62.8 cm³/mol. The third-order valence-corrected chi connectivity index (χ3v) is 3.42. The van der Waals surface area contributed by atoms with E-state index < -0.39 is 23.2 Å². The maximum atomic E-state index is 11.6. The zero-order valence-electron chi connectivity index (χ0n) is 11.1. The van der Waals surface area contributed by atoms with Gasteiger partial charge in [0.05, 0.1) is 0 Å². The number of hydrogen-bond acceptors (Lipinski definition) is 3. The Balaban J connectivity index is 2.73. The minimum Gasteiger partial charge on any atom is -0.479 e. The molecule has 5 nitrogen and oxygen atoms in total. The van der Waals surface area contributed by atoms with Crippen LogP contribution in [0.3, 0.4) is 0 Å². The third kappa shape index (κ3) is 2.53. The molecule has 0 bridgehead atoms. The van der Waals surface area contributed by atoms with Crippen molar-refractivity contribution in [1.29, 1.82) is 0 Å². The zero-order valence-corrected chi connectivity index (χ0v) is 11.1. The van der Waals surface area contributed by atoms with Crippen LogP contribution in [0.4, 0.5) is 4.79 Å². The largest absolute Gasteiger partial charge is 0.479 e. The fourth-order valence-corrected chi connectivity index (χ4v) is 2.03. The normalized spacial score (nSPS) is 31.8. The highest BCUT2D eigenvalue weighted by atomic mass is 16.6. The highest BCUT2D eigenvalue weighted by Crippen LogP contribution is 2.58. The van der Waals surface area contributed by atoms with Gasteiger partial charge in [-0.3, -0.25) is 0 Å². The lowest BCUT2D eigenvalue weighted by atomic mass is 9.99. The van der Waals surface area contributed by atoms with Crippen molar-refractivity contribution in [3.63, 3.8) is 0 Å². The summed E-state index contributed by atoms with van der Waals surface area (Å²) in [7, 11) is 0. The maximum Gasteiger partial charge on any atom is 0.408 e. The van der Waals surface area contributed by atoms with Crippen LogP contribution in [0.1, 0.15) is 47.5 Å². The number of ether oxygens (including phenoxy) is 1. The van der Waals surface area contributed by atoms with E-state index in [9.17, 15) is 14.7 Å². The lowest BCUT2D eigenvalue weighted by Gasteiger charge is -2.24. The van der Waals surface area contributed by atoms with E-state index in [1.54, 1.807) is 20.8 Å². The summed E-state index contributed by atoms with van der Waals surface area (Å²) in [6.45, 7) is 9.00. The van der Waals surface area contributed by atoms with Crippen LogP contribution in [0.5, 0.6) is 0 Å².